The third-order valence-electron chi connectivity index (χ3n) is 2.37. The van der Waals surface area contributed by atoms with Gasteiger partial charge in [-0.15, -0.1) is 0 Å². The number of fused-ring (bicyclic) bond motifs is 1. The molecule has 0 fully saturated rings. The highest BCUT2D eigenvalue weighted by atomic mass is 16.3. The summed E-state index contributed by atoms with van der Waals surface area (Å²) >= 11 is 0. The molecule has 0 saturated heterocycles. The Morgan fingerprint density at radius 1 is 1.47 bits per heavy atom. The van der Waals surface area contributed by atoms with Crippen molar-refractivity contribution < 1.29 is 5.11 Å². The van der Waals surface area contributed by atoms with Gasteiger partial charge in [-0.25, -0.2) is 0 Å². The minimum atomic E-state index is -0.404. The Hall–Kier alpha value is -1.39. The predicted molar refractivity (Wildman–Crippen MR) is 59.7 cm³/mol. The molecule has 1 heterocycles. The van der Waals surface area contributed by atoms with E-state index in [9.17, 15) is 5.11 Å². The minimum absolute atomic E-state index is 0.404. The van der Waals surface area contributed by atoms with Crippen LogP contribution < -0.4 is 5.32 Å². The molecule has 1 unspecified atom stereocenters. The number of aromatic nitrogens is 2. The van der Waals surface area contributed by atoms with Crippen molar-refractivity contribution in [3.05, 3.63) is 30.5 Å². The van der Waals surface area contributed by atoms with Crippen LogP contribution in [0.2, 0.25) is 0 Å². The lowest BCUT2D eigenvalue weighted by atomic mass is 10.2. The van der Waals surface area contributed by atoms with Crippen LogP contribution in [0.4, 0.5) is 0 Å². The summed E-state index contributed by atoms with van der Waals surface area (Å²) in [5, 5.41) is 17.9. The lowest BCUT2D eigenvalue weighted by Crippen LogP contribution is -2.28. The highest BCUT2D eigenvalue weighted by Gasteiger charge is 2.07. The first kappa shape index (κ1) is 10.1. The summed E-state index contributed by atoms with van der Waals surface area (Å²) in [4.78, 5) is 0. The average molecular weight is 205 g/mol. The molecule has 2 aromatic rings. The van der Waals surface area contributed by atoms with Crippen LogP contribution in [0.25, 0.3) is 10.9 Å². The fraction of sp³-hybridized carbons (Fsp3) is 0.364. The third-order valence-corrected chi connectivity index (χ3v) is 2.37. The maximum atomic E-state index is 9.66. The first-order valence-corrected chi connectivity index (χ1v) is 5.04. The Kier molecular flexibility index (Phi) is 2.99. The molecular weight excluding hydrogens is 190 g/mol. The molecule has 0 aliphatic carbocycles. The molecule has 0 amide bonds. The van der Waals surface area contributed by atoms with Crippen LogP contribution in [0.15, 0.2) is 30.5 Å². The zero-order valence-electron chi connectivity index (χ0n) is 8.72. The summed E-state index contributed by atoms with van der Waals surface area (Å²) < 4.78 is 1.83. The van der Waals surface area contributed by atoms with Gasteiger partial charge in [-0.3, -0.25) is 4.68 Å². The highest BCUT2D eigenvalue weighted by Crippen LogP contribution is 2.12. The summed E-state index contributed by atoms with van der Waals surface area (Å²) in [5.74, 6) is 0. The molecule has 0 bridgehead atoms. The zero-order valence-corrected chi connectivity index (χ0v) is 8.72. The third kappa shape index (κ3) is 2.16. The SMILES string of the molecule is CNCC(O)Cn1ncc2ccccc21. The van der Waals surface area contributed by atoms with E-state index in [0.717, 1.165) is 10.9 Å². The fourth-order valence-corrected chi connectivity index (χ4v) is 1.67. The first-order chi connectivity index (χ1) is 7.31. The van der Waals surface area contributed by atoms with Gasteiger partial charge in [-0.2, -0.15) is 5.10 Å². The number of aliphatic hydroxyl groups is 1. The number of para-hydroxylation sites is 1. The van der Waals surface area contributed by atoms with Gasteiger partial charge in [0, 0.05) is 11.9 Å². The molecule has 1 aromatic carbocycles. The highest BCUT2D eigenvalue weighted by molar-refractivity contribution is 5.78. The molecule has 2 N–H and O–H groups in total. The number of likely N-dealkylation sites (N-methyl/N-ethyl adjacent to an activating group) is 1. The van der Waals surface area contributed by atoms with Crippen molar-refractivity contribution in [3.63, 3.8) is 0 Å². The molecule has 0 aliphatic rings. The van der Waals surface area contributed by atoms with Gasteiger partial charge >= 0.3 is 0 Å². The monoisotopic (exact) mass is 205 g/mol. The average Bonchev–Trinajstić information content (AvgIpc) is 2.62. The van der Waals surface area contributed by atoms with Crippen LogP contribution in [0.5, 0.6) is 0 Å². The summed E-state index contributed by atoms with van der Waals surface area (Å²) in [6, 6.07) is 7.99. The van der Waals surface area contributed by atoms with E-state index in [1.807, 2.05) is 42.2 Å². The van der Waals surface area contributed by atoms with Gasteiger partial charge < -0.3 is 10.4 Å². The van der Waals surface area contributed by atoms with E-state index in [-0.39, 0.29) is 0 Å². The molecule has 15 heavy (non-hydrogen) atoms. The van der Waals surface area contributed by atoms with E-state index in [0.29, 0.717) is 13.1 Å². The summed E-state index contributed by atoms with van der Waals surface area (Å²) in [5.41, 5.74) is 1.06. The lowest BCUT2D eigenvalue weighted by Gasteiger charge is -2.10. The molecule has 0 saturated carbocycles. The molecule has 4 heteroatoms. The van der Waals surface area contributed by atoms with Gasteiger partial charge in [0.15, 0.2) is 0 Å². The topological polar surface area (TPSA) is 50.1 Å². The van der Waals surface area contributed by atoms with Crippen molar-refractivity contribution in [2.75, 3.05) is 13.6 Å². The van der Waals surface area contributed by atoms with Crippen molar-refractivity contribution in [1.82, 2.24) is 15.1 Å². The summed E-state index contributed by atoms with van der Waals surface area (Å²) in [6.07, 6.45) is 1.42. The Balaban J connectivity index is 2.21. The molecule has 0 aliphatic heterocycles. The molecule has 1 aromatic heterocycles. The molecule has 1 atom stereocenters. The second-order valence-electron chi connectivity index (χ2n) is 3.60. The summed E-state index contributed by atoms with van der Waals surface area (Å²) in [7, 11) is 1.82. The molecule has 0 spiro atoms. The maximum absolute atomic E-state index is 9.66. The van der Waals surface area contributed by atoms with Gasteiger partial charge in [0.05, 0.1) is 24.4 Å². The standard InChI is InChI=1S/C11H15N3O/c1-12-7-10(15)8-14-11-5-3-2-4-9(11)6-13-14/h2-6,10,12,15H,7-8H2,1H3. The number of hydrogen-bond donors (Lipinski definition) is 2. The predicted octanol–water partition coefficient (Wildman–Crippen LogP) is 0.617. The Labute approximate surface area is 88.5 Å². The zero-order chi connectivity index (χ0) is 10.7. The van der Waals surface area contributed by atoms with Gasteiger partial charge in [0.25, 0.3) is 0 Å². The van der Waals surface area contributed by atoms with E-state index in [1.165, 1.54) is 0 Å². The van der Waals surface area contributed by atoms with Crippen LogP contribution in [-0.2, 0) is 6.54 Å². The van der Waals surface area contributed by atoms with Crippen molar-refractivity contribution >= 4 is 10.9 Å². The number of hydrogen-bond acceptors (Lipinski definition) is 3. The maximum Gasteiger partial charge on any atom is 0.0860 e. The normalized spacial score (nSPS) is 13.2. The van der Waals surface area contributed by atoms with Gasteiger partial charge in [-0.05, 0) is 13.1 Å². The Bertz CT molecular complexity index is 438. The first-order valence-electron chi connectivity index (χ1n) is 5.04. The molecular formula is C11H15N3O. The van der Waals surface area contributed by atoms with Crippen LogP contribution in [0, 0.1) is 0 Å². The number of rotatable bonds is 4. The number of nitrogens with one attached hydrogen (secondary N) is 1. The molecule has 2 rings (SSSR count). The van der Waals surface area contributed by atoms with Crippen molar-refractivity contribution in [2.24, 2.45) is 0 Å². The number of benzene rings is 1. The summed E-state index contributed by atoms with van der Waals surface area (Å²) in [6.45, 7) is 1.10. The fourth-order valence-electron chi connectivity index (χ4n) is 1.67. The van der Waals surface area contributed by atoms with E-state index >= 15 is 0 Å². The van der Waals surface area contributed by atoms with Crippen LogP contribution in [0.1, 0.15) is 0 Å². The van der Waals surface area contributed by atoms with E-state index < -0.39 is 6.10 Å². The van der Waals surface area contributed by atoms with E-state index in [4.69, 9.17) is 0 Å². The number of nitrogens with zero attached hydrogens (tertiary/aromatic N) is 2. The van der Waals surface area contributed by atoms with E-state index in [1.54, 1.807) is 0 Å². The van der Waals surface area contributed by atoms with Crippen LogP contribution >= 0.6 is 0 Å². The molecule has 0 radical (unpaired) electrons. The van der Waals surface area contributed by atoms with Crippen LogP contribution in [0.3, 0.4) is 0 Å². The smallest absolute Gasteiger partial charge is 0.0860 e. The quantitative estimate of drug-likeness (QED) is 0.769. The van der Waals surface area contributed by atoms with Gasteiger partial charge in [0.2, 0.25) is 0 Å². The number of aliphatic hydroxyl groups excluding tert-OH is 1. The van der Waals surface area contributed by atoms with Crippen molar-refractivity contribution in [2.45, 2.75) is 12.6 Å². The Morgan fingerprint density at radius 2 is 2.27 bits per heavy atom. The Morgan fingerprint density at radius 3 is 3.07 bits per heavy atom. The van der Waals surface area contributed by atoms with Gasteiger partial charge in [-0.1, -0.05) is 18.2 Å². The second kappa shape index (κ2) is 4.42. The lowest BCUT2D eigenvalue weighted by molar-refractivity contribution is 0.151. The van der Waals surface area contributed by atoms with E-state index in [2.05, 4.69) is 10.4 Å². The molecule has 4 nitrogen and oxygen atoms in total. The largest absolute Gasteiger partial charge is 0.390 e. The minimum Gasteiger partial charge on any atom is -0.390 e. The van der Waals surface area contributed by atoms with Crippen molar-refractivity contribution in [3.8, 4) is 0 Å². The second-order valence-corrected chi connectivity index (χ2v) is 3.60. The molecule has 80 valence electrons. The van der Waals surface area contributed by atoms with Crippen LogP contribution in [-0.4, -0.2) is 34.6 Å². The van der Waals surface area contributed by atoms with Crippen molar-refractivity contribution in [1.29, 1.82) is 0 Å². The van der Waals surface area contributed by atoms with Gasteiger partial charge in [0.1, 0.15) is 0 Å².